The second kappa shape index (κ2) is 7.85. The third-order valence-electron chi connectivity index (χ3n) is 3.17. The van der Waals surface area contributed by atoms with Gasteiger partial charge in [0.2, 0.25) is 0 Å². The standard InChI is InChI=1S/C21H30O4/c1-14(2)19-15(12-17(22)24-20(3,4)5)10-9-11-16(19)13-18(23)25-21(6,7)8/h9-11H,1,12-13H2,2-8H3. The fourth-order valence-electron chi connectivity index (χ4n) is 2.56. The third kappa shape index (κ3) is 7.55. The summed E-state index contributed by atoms with van der Waals surface area (Å²) in [6, 6.07) is 5.57. The van der Waals surface area contributed by atoms with E-state index in [9.17, 15) is 9.59 Å². The fourth-order valence-corrected chi connectivity index (χ4v) is 2.56. The molecule has 0 heterocycles. The number of hydrogen-bond acceptors (Lipinski definition) is 4. The van der Waals surface area contributed by atoms with Crippen LogP contribution in [0.2, 0.25) is 0 Å². The molecule has 1 aromatic carbocycles. The molecule has 0 atom stereocenters. The SMILES string of the molecule is C=C(C)c1c(CC(=O)OC(C)(C)C)cccc1CC(=O)OC(C)(C)C. The first kappa shape index (κ1) is 20.9. The van der Waals surface area contributed by atoms with Crippen molar-refractivity contribution in [3.8, 4) is 0 Å². The molecule has 0 saturated heterocycles. The van der Waals surface area contributed by atoms with Crippen LogP contribution in [0.3, 0.4) is 0 Å². The van der Waals surface area contributed by atoms with Crippen molar-refractivity contribution in [1.82, 2.24) is 0 Å². The molecule has 0 aliphatic rings. The molecule has 4 heteroatoms. The zero-order chi connectivity index (χ0) is 19.4. The van der Waals surface area contributed by atoms with E-state index in [1.54, 1.807) is 0 Å². The van der Waals surface area contributed by atoms with Crippen molar-refractivity contribution in [2.24, 2.45) is 0 Å². The summed E-state index contributed by atoms with van der Waals surface area (Å²) in [6.07, 6.45) is 0.281. The molecule has 0 aliphatic heterocycles. The van der Waals surface area contributed by atoms with Gasteiger partial charge in [0.25, 0.3) is 0 Å². The molecule has 4 nitrogen and oxygen atoms in total. The van der Waals surface area contributed by atoms with Gasteiger partial charge in [0.1, 0.15) is 11.2 Å². The van der Waals surface area contributed by atoms with E-state index in [0.29, 0.717) is 0 Å². The van der Waals surface area contributed by atoms with Crippen molar-refractivity contribution < 1.29 is 19.1 Å². The highest BCUT2D eigenvalue weighted by Crippen LogP contribution is 2.25. The van der Waals surface area contributed by atoms with E-state index >= 15 is 0 Å². The zero-order valence-corrected chi connectivity index (χ0v) is 16.5. The van der Waals surface area contributed by atoms with Crippen LogP contribution in [0.1, 0.15) is 65.2 Å². The maximum Gasteiger partial charge on any atom is 0.310 e. The molecular formula is C21H30O4. The number of carbonyl (C=O) groups excluding carboxylic acids is 2. The molecule has 1 aromatic rings. The molecule has 0 saturated carbocycles. The summed E-state index contributed by atoms with van der Waals surface area (Å²) in [5.74, 6) is -0.603. The van der Waals surface area contributed by atoms with Crippen LogP contribution >= 0.6 is 0 Å². The number of allylic oxidation sites excluding steroid dienone is 1. The molecule has 0 amide bonds. The second-order valence-corrected chi connectivity index (χ2v) is 8.26. The Morgan fingerprint density at radius 1 is 0.880 bits per heavy atom. The van der Waals surface area contributed by atoms with E-state index in [-0.39, 0.29) is 24.8 Å². The Kier molecular flexibility index (Phi) is 6.58. The lowest BCUT2D eigenvalue weighted by Crippen LogP contribution is -2.26. The number of ether oxygens (including phenoxy) is 2. The van der Waals surface area contributed by atoms with Crippen LogP contribution in [0, 0.1) is 0 Å². The molecule has 138 valence electrons. The third-order valence-corrected chi connectivity index (χ3v) is 3.17. The Morgan fingerprint density at radius 2 is 1.24 bits per heavy atom. The minimum absolute atomic E-state index is 0.140. The molecule has 0 unspecified atom stereocenters. The average molecular weight is 346 g/mol. The Labute approximate surface area is 151 Å². The van der Waals surface area contributed by atoms with Gasteiger partial charge in [-0.3, -0.25) is 9.59 Å². The fraction of sp³-hybridized carbons (Fsp3) is 0.524. The van der Waals surface area contributed by atoms with Gasteiger partial charge in [0, 0.05) is 0 Å². The summed E-state index contributed by atoms with van der Waals surface area (Å²) >= 11 is 0. The molecule has 0 aliphatic carbocycles. The van der Waals surface area contributed by atoms with E-state index in [4.69, 9.17) is 9.47 Å². The van der Waals surface area contributed by atoms with Crippen LogP contribution in [0.25, 0.3) is 5.57 Å². The van der Waals surface area contributed by atoms with Gasteiger partial charge in [-0.05, 0) is 65.2 Å². The topological polar surface area (TPSA) is 52.6 Å². The molecule has 0 N–H and O–H groups in total. The monoisotopic (exact) mass is 346 g/mol. The molecule has 0 aromatic heterocycles. The first-order chi connectivity index (χ1) is 11.3. The van der Waals surface area contributed by atoms with Gasteiger partial charge in [-0.2, -0.15) is 0 Å². The van der Waals surface area contributed by atoms with Gasteiger partial charge >= 0.3 is 11.9 Å². The molecule has 0 bridgehead atoms. The first-order valence-electron chi connectivity index (χ1n) is 8.49. The number of carbonyl (C=O) groups is 2. The highest BCUT2D eigenvalue weighted by molar-refractivity contribution is 5.80. The van der Waals surface area contributed by atoms with Crippen LogP contribution < -0.4 is 0 Å². The van der Waals surface area contributed by atoms with E-state index < -0.39 is 11.2 Å². The van der Waals surface area contributed by atoms with Crippen molar-refractivity contribution in [3.63, 3.8) is 0 Å². The van der Waals surface area contributed by atoms with Crippen LogP contribution in [0.4, 0.5) is 0 Å². The van der Waals surface area contributed by atoms with Crippen molar-refractivity contribution in [2.75, 3.05) is 0 Å². The summed E-state index contributed by atoms with van der Waals surface area (Å²) in [7, 11) is 0. The summed E-state index contributed by atoms with van der Waals surface area (Å²) in [5.41, 5.74) is 2.19. The van der Waals surface area contributed by atoms with Crippen molar-refractivity contribution in [1.29, 1.82) is 0 Å². The van der Waals surface area contributed by atoms with Gasteiger partial charge in [-0.15, -0.1) is 0 Å². The van der Waals surface area contributed by atoms with Crippen LogP contribution in [0.5, 0.6) is 0 Å². The number of esters is 2. The second-order valence-electron chi connectivity index (χ2n) is 8.26. The minimum atomic E-state index is -0.533. The molecule has 0 radical (unpaired) electrons. The van der Waals surface area contributed by atoms with Crippen molar-refractivity contribution in [2.45, 2.75) is 72.5 Å². The highest BCUT2D eigenvalue weighted by atomic mass is 16.6. The molecule has 25 heavy (non-hydrogen) atoms. The summed E-state index contributed by atoms with van der Waals surface area (Å²) in [4.78, 5) is 24.4. The Balaban J connectivity index is 3.07. The molecule has 0 spiro atoms. The van der Waals surface area contributed by atoms with Gasteiger partial charge in [-0.25, -0.2) is 0 Å². The molecule has 0 fully saturated rings. The summed E-state index contributed by atoms with van der Waals surface area (Å²) < 4.78 is 10.8. The van der Waals surface area contributed by atoms with E-state index in [1.807, 2.05) is 66.7 Å². The Bertz CT molecular complexity index is 609. The minimum Gasteiger partial charge on any atom is -0.460 e. The normalized spacial score (nSPS) is 11.8. The Morgan fingerprint density at radius 3 is 1.52 bits per heavy atom. The lowest BCUT2D eigenvalue weighted by atomic mass is 9.92. The van der Waals surface area contributed by atoms with Gasteiger partial charge in [-0.1, -0.05) is 30.4 Å². The van der Waals surface area contributed by atoms with Gasteiger partial charge in [0.15, 0.2) is 0 Å². The van der Waals surface area contributed by atoms with E-state index in [1.165, 1.54) is 0 Å². The van der Waals surface area contributed by atoms with Crippen LogP contribution in [-0.4, -0.2) is 23.1 Å². The summed E-state index contributed by atoms with van der Waals surface area (Å²) in [5, 5.41) is 0. The lowest BCUT2D eigenvalue weighted by Gasteiger charge is -2.22. The van der Waals surface area contributed by atoms with Crippen LogP contribution in [0.15, 0.2) is 24.8 Å². The van der Waals surface area contributed by atoms with Gasteiger partial charge < -0.3 is 9.47 Å². The first-order valence-corrected chi connectivity index (χ1v) is 8.49. The number of rotatable bonds is 5. The van der Waals surface area contributed by atoms with Crippen molar-refractivity contribution >= 4 is 17.5 Å². The molecular weight excluding hydrogens is 316 g/mol. The molecule has 1 rings (SSSR count). The number of benzene rings is 1. The highest BCUT2D eigenvalue weighted by Gasteiger charge is 2.21. The van der Waals surface area contributed by atoms with E-state index in [0.717, 1.165) is 22.3 Å². The van der Waals surface area contributed by atoms with Crippen LogP contribution in [-0.2, 0) is 31.9 Å². The Hall–Kier alpha value is -2.10. The average Bonchev–Trinajstić information content (AvgIpc) is 2.33. The summed E-state index contributed by atoms with van der Waals surface area (Å²) in [6.45, 7) is 16.9. The maximum absolute atomic E-state index is 12.2. The smallest absolute Gasteiger partial charge is 0.310 e. The zero-order valence-electron chi connectivity index (χ0n) is 16.5. The quantitative estimate of drug-likeness (QED) is 0.737. The lowest BCUT2D eigenvalue weighted by molar-refractivity contribution is -0.154. The predicted molar refractivity (Wildman–Crippen MR) is 100 cm³/mol. The van der Waals surface area contributed by atoms with E-state index in [2.05, 4.69) is 6.58 Å². The predicted octanol–water partition coefficient (Wildman–Crippen LogP) is 4.49. The number of hydrogen-bond donors (Lipinski definition) is 0. The van der Waals surface area contributed by atoms with Crippen molar-refractivity contribution in [3.05, 3.63) is 41.5 Å². The largest absolute Gasteiger partial charge is 0.460 e. The van der Waals surface area contributed by atoms with Gasteiger partial charge in [0.05, 0.1) is 12.8 Å². The maximum atomic E-state index is 12.2.